The Kier molecular flexibility index (Phi) is 4.53. The van der Waals surface area contributed by atoms with Gasteiger partial charge >= 0.3 is 0 Å². The van der Waals surface area contributed by atoms with Crippen LogP contribution in [0.4, 0.5) is 10.1 Å². The fourth-order valence-corrected chi connectivity index (χ4v) is 1.94. The second kappa shape index (κ2) is 6.03. The molecular weight excluding hydrogens is 406 g/mol. The third kappa shape index (κ3) is 2.89. The predicted octanol–water partition coefficient (Wildman–Crippen LogP) is 2.61. The molecule has 3 aromatic rings. The standard InChI is InChI=1S/C13H7FN3O3.Pr/c14-10-5-7(1-4-12(10)18)13-9-6-8(17(19)20)2-3-11(9)15-16-13;/h1-6H,(H-,15,16,18);/q-1;. The van der Waals surface area contributed by atoms with Crippen molar-refractivity contribution in [1.82, 2.24) is 10.2 Å². The summed E-state index contributed by atoms with van der Waals surface area (Å²) >= 11 is 0. The van der Waals surface area contributed by atoms with Crippen LogP contribution in [0.5, 0.6) is 5.75 Å². The largest absolute Gasteiger partial charge is 0.574 e. The number of hydrogen-bond acceptors (Lipinski definition) is 4. The van der Waals surface area contributed by atoms with Crippen molar-refractivity contribution in [2.75, 3.05) is 0 Å². The van der Waals surface area contributed by atoms with Crippen LogP contribution in [-0.2, 0) is 0 Å². The number of fused-ring (bicyclic) bond motifs is 1. The summed E-state index contributed by atoms with van der Waals surface area (Å²) in [5.74, 6) is -1.26. The van der Waals surface area contributed by atoms with Gasteiger partial charge in [-0.1, -0.05) is 6.07 Å². The molecule has 0 atom stereocenters. The molecule has 0 aliphatic carbocycles. The van der Waals surface area contributed by atoms with Gasteiger partial charge in [0.15, 0.2) is 11.6 Å². The fraction of sp³-hybridized carbons (Fsp3) is 0. The molecule has 8 heteroatoms. The molecule has 1 heterocycles. The Hall–Kier alpha value is -1.60. The van der Waals surface area contributed by atoms with Crippen molar-refractivity contribution in [1.29, 1.82) is 0 Å². The number of non-ortho nitro benzene ring substituents is 1. The summed E-state index contributed by atoms with van der Waals surface area (Å²) in [4.78, 5) is 10.3. The molecule has 0 amide bonds. The molecule has 0 aliphatic heterocycles. The van der Waals surface area contributed by atoms with Crippen LogP contribution in [0.2, 0.25) is 0 Å². The fourth-order valence-electron chi connectivity index (χ4n) is 1.94. The van der Waals surface area contributed by atoms with E-state index < -0.39 is 16.5 Å². The Morgan fingerprint density at radius 3 is 2.67 bits per heavy atom. The Labute approximate surface area is 151 Å². The number of aromatic nitrogens is 2. The van der Waals surface area contributed by atoms with Gasteiger partial charge in [0.2, 0.25) is 0 Å². The second-order valence-electron chi connectivity index (χ2n) is 4.17. The average molecular weight is 413 g/mol. The summed E-state index contributed by atoms with van der Waals surface area (Å²) < 4.78 is 13.4. The summed E-state index contributed by atoms with van der Waals surface area (Å²) in [6, 6.07) is 7.94. The number of nitrogens with zero attached hydrogens (tertiary/aromatic N) is 3. The maximum Gasteiger partial charge on any atom is 0.270 e. The van der Waals surface area contributed by atoms with E-state index in [1.807, 2.05) is 0 Å². The number of phenolic OH excluding ortho intramolecular Hbond substituents is 1. The van der Waals surface area contributed by atoms with Gasteiger partial charge < -0.3 is 15.3 Å². The van der Waals surface area contributed by atoms with Crippen LogP contribution in [0.1, 0.15) is 0 Å². The number of phenols is 1. The molecule has 0 spiro atoms. The zero-order valence-electron chi connectivity index (χ0n) is 10.5. The van der Waals surface area contributed by atoms with Crippen LogP contribution in [-0.4, -0.2) is 15.1 Å². The van der Waals surface area contributed by atoms with Crippen molar-refractivity contribution in [3.63, 3.8) is 0 Å². The topological polar surface area (TPSA) is 90.4 Å². The molecule has 0 unspecified atom stereocenters. The van der Waals surface area contributed by atoms with E-state index in [1.165, 1.54) is 30.3 Å². The molecule has 1 radical (unpaired) electrons. The van der Waals surface area contributed by atoms with Crippen LogP contribution >= 0.6 is 0 Å². The van der Waals surface area contributed by atoms with E-state index in [2.05, 4.69) is 10.2 Å². The number of aromatic hydroxyl groups is 1. The molecule has 0 saturated heterocycles. The minimum absolute atomic E-state index is 0. The molecule has 0 bridgehead atoms. The van der Waals surface area contributed by atoms with Crippen LogP contribution < -0.4 is 5.10 Å². The number of nitro benzene ring substituents is 1. The van der Waals surface area contributed by atoms with Crippen molar-refractivity contribution in [2.45, 2.75) is 0 Å². The van der Waals surface area contributed by atoms with Crippen LogP contribution in [0.3, 0.4) is 0 Å². The maximum atomic E-state index is 13.4. The van der Waals surface area contributed by atoms with E-state index in [4.69, 9.17) is 0 Å². The molecule has 103 valence electrons. The van der Waals surface area contributed by atoms with Gasteiger partial charge in [-0.25, -0.2) is 4.39 Å². The monoisotopic (exact) mass is 413 g/mol. The molecule has 0 saturated carbocycles. The third-order valence-electron chi connectivity index (χ3n) is 2.92. The quantitative estimate of drug-likeness (QED) is 0.516. The maximum absolute atomic E-state index is 13.4. The minimum atomic E-state index is -0.788. The van der Waals surface area contributed by atoms with Gasteiger partial charge in [0.1, 0.15) is 0 Å². The number of benzene rings is 2. The van der Waals surface area contributed by atoms with Crippen molar-refractivity contribution in [3.8, 4) is 17.0 Å². The number of nitro groups is 1. The Morgan fingerprint density at radius 1 is 1.24 bits per heavy atom. The average Bonchev–Trinajstić information content (AvgIpc) is 2.84. The van der Waals surface area contributed by atoms with E-state index in [1.54, 1.807) is 0 Å². The zero-order valence-corrected chi connectivity index (χ0v) is 14.2. The summed E-state index contributed by atoms with van der Waals surface area (Å²) in [6.45, 7) is 0. The number of rotatable bonds is 2. The first-order chi connectivity index (χ1) is 9.56. The van der Waals surface area contributed by atoms with Gasteiger partial charge in [0.05, 0.1) is 10.6 Å². The first-order valence-corrected chi connectivity index (χ1v) is 5.62. The normalized spacial score (nSPS) is 10.3. The van der Waals surface area contributed by atoms with E-state index in [9.17, 15) is 19.6 Å². The van der Waals surface area contributed by atoms with Crippen molar-refractivity contribution in [2.24, 2.45) is 0 Å². The van der Waals surface area contributed by atoms with Gasteiger partial charge in [-0.2, -0.15) is 0 Å². The van der Waals surface area contributed by atoms with Gasteiger partial charge in [-0.05, 0) is 23.6 Å². The molecule has 6 nitrogen and oxygen atoms in total. The van der Waals surface area contributed by atoms with Crippen molar-refractivity contribution < 1.29 is 55.7 Å². The predicted molar refractivity (Wildman–Crippen MR) is 68.8 cm³/mol. The van der Waals surface area contributed by atoms with Crippen LogP contribution in [0.25, 0.3) is 22.2 Å². The molecule has 0 fully saturated rings. The zero-order chi connectivity index (χ0) is 14.3. The smallest absolute Gasteiger partial charge is 0.270 e. The van der Waals surface area contributed by atoms with Gasteiger partial charge in [-0.15, -0.1) is 5.52 Å². The third-order valence-corrected chi connectivity index (χ3v) is 2.92. The van der Waals surface area contributed by atoms with Crippen LogP contribution in [0.15, 0.2) is 36.4 Å². The molecule has 1 aromatic heterocycles. The van der Waals surface area contributed by atoms with Crippen LogP contribution in [0, 0.1) is 57.2 Å². The van der Waals surface area contributed by atoms with Gasteiger partial charge in [-0.3, -0.25) is 10.1 Å². The molecular formula is C13H7FN3O3Pr-. The molecule has 21 heavy (non-hydrogen) atoms. The summed E-state index contributed by atoms with van der Waals surface area (Å²) in [7, 11) is 0. The van der Waals surface area contributed by atoms with E-state index in [0.29, 0.717) is 22.2 Å². The second-order valence-corrected chi connectivity index (χ2v) is 4.17. The van der Waals surface area contributed by atoms with Gasteiger partial charge in [0, 0.05) is 59.0 Å². The SMILES string of the molecule is O=[N+]([O-])c1ccc2[n-]nc(-c3ccc(O)c(F)c3)c2c1.[Pr]. The van der Waals surface area contributed by atoms with Crippen molar-refractivity contribution in [3.05, 3.63) is 52.3 Å². The molecule has 3 rings (SSSR count). The van der Waals surface area contributed by atoms with Crippen molar-refractivity contribution >= 4 is 16.6 Å². The van der Waals surface area contributed by atoms with Gasteiger partial charge in [0.25, 0.3) is 5.69 Å². The summed E-state index contributed by atoms with van der Waals surface area (Å²) in [6.07, 6.45) is 0. The number of hydrogen-bond donors (Lipinski definition) is 1. The Morgan fingerprint density at radius 2 is 2.00 bits per heavy atom. The summed E-state index contributed by atoms with van der Waals surface area (Å²) in [5.41, 5.74) is 1.12. The minimum Gasteiger partial charge on any atom is -0.574 e. The number of halogens is 1. The Bertz CT molecular complexity index is 835. The first-order valence-electron chi connectivity index (χ1n) is 5.62. The Balaban J connectivity index is 0.00000161. The molecule has 1 N–H and O–H groups in total. The first kappa shape index (κ1) is 15.8. The van der Waals surface area contributed by atoms with E-state index >= 15 is 0 Å². The molecule has 2 aromatic carbocycles. The molecule has 0 aliphatic rings. The summed E-state index contributed by atoms with van der Waals surface area (Å²) in [5, 5.41) is 28.2. The van der Waals surface area contributed by atoms with E-state index in [0.717, 1.165) is 6.07 Å². The van der Waals surface area contributed by atoms with E-state index in [-0.39, 0.29) is 47.0 Å².